The lowest BCUT2D eigenvalue weighted by atomic mass is 10.1. The molecule has 1 amide bonds. The molecule has 0 fully saturated rings. The van der Waals surface area contributed by atoms with Crippen LogP contribution in [0.25, 0.3) is 0 Å². The summed E-state index contributed by atoms with van der Waals surface area (Å²) >= 11 is 0. The van der Waals surface area contributed by atoms with Gasteiger partial charge in [0.2, 0.25) is 5.91 Å². The normalized spacial score (nSPS) is 10.2. The van der Waals surface area contributed by atoms with Gasteiger partial charge in [-0.05, 0) is 18.6 Å². The van der Waals surface area contributed by atoms with Gasteiger partial charge >= 0.3 is 11.9 Å². The van der Waals surface area contributed by atoms with Gasteiger partial charge in [-0.3, -0.25) is 14.4 Å². The molecule has 1 rings (SSSR count). The molecule has 2 N–H and O–H groups in total. The number of nitrogens with one attached hydrogen (secondary N) is 1. The molecule has 0 bridgehead atoms. The Morgan fingerprint density at radius 1 is 1.04 bits per heavy atom. The molecule has 24 heavy (non-hydrogen) atoms. The smallest absolute Gasteiger partial charge is 0.311 e. The van der Waals surface area contributed by atoms with E-state index < -0.39 is 11.9 Å². The van der Waals surface area contributed by atoms with E-state index >= 15 is 0 Å². The van der Waals surface area contributed by atoms with Crippen molar-refractivity contribution in [1.82, 2.24) is 0 Å². The summed E-state index contributed by atoms with van der Waals surface area (Å²) in [5, 5.41) is 11.1. The fourth-order valence-electron chi connectivity index (χ4n) is 2.14. The Morgan fingerprint density at radius 3 is 2.50 bits per heavy atom. The maximum absolute atomic E-state index is 11.8. The van der Waals surface area contributed by atoms with Crippen LogP contribution in [0.2, 0.25) is 0 Å². The summed E-state index contributed by atoms with van der Waals surface area (Å²) in [5.74, 6) is -1.34. The van der Waals surface area contributed by atoms with Gasteiger partial charge in [0.25, 0.3) is 0 Å². The van der Waals surface area contributed by atoms with Gasteiger partial charge in [0.05, 0.1) is 6.42 Å². The van der Waals surface area contributed by atoms with Crippen LogP contribution in [-0.2, 0) is 14.4 Å². The van der Waals surface area contributed by atoms with Crippen LogP contribution in [0, 0.1) is 0 Å². The van der Waals surface area contributed by atoms with E-state index in [1.165, 1.54) is 6.42 Å². The van der Waals surface area contributed by atoms with E-state index in [-0.39, 0.29) is 18.8 Å². The lowest BCUT2D eigenvalue weighted by molar-refractivity contribution is -0.138. The van der Waals surface area contributed by atoms with Gasteiger partial charge in [0, 0.05) is 24.6 Å². The number of hydrogen-bond donors (Lipinski definition) is 2. The molecule has 0 spiro atoms. The molecular formula is C18H25NO5. The largest absolute Gasteiger partial charge is 0.481 e. The number of unbranched alkanes of at least 4 members (excludes halogenated alkanes) is 4. The molecule has 0 unspecified atom stereocenters. The Labute approximate surface area is 142 Å². The highest BCUT2D eigenvalue weighted by Gasteiger charge is 2.08. The number of esters is 1. The second-order valence-corrected chi connectivity index (χ2v) is 5.61. The van der Waals surface area contributed by atoms with Crippen molar-refractivity contribution < 1.29 is 24.2 Å². The fourth-order valence-corrected chi connectivity index (χ4v) is 2.14. The number of aliphatic carboxylic acids is 1. The van der Waals surface area contributed by atoms with Crippen molar-refractivity contribution in [2.24, 2.45) is 0 Å². The summed E-state index contributed by atoms with van der Waals surface area (Å²) in [5.41, 5.74) is 0.471. The van der Waals surface area contributed by atoms with Crippen LogP contribution in [0.5, 0.6) is 5.75 Å². The number of carbonyl (C=O) groups is 3. The Bertz CT molecular complexity index is 556. The SMILES string of the molecule is CCCCCCCC(=O)Oc1cccc(NC(=O)CCC(=O)O)c1. The van der Waals surface area contributed by atoms with Crippen molar-refractivity contribution in [3.63, 3.8) is 0 Å². The topological polar surface area (TPSA) is 92.7 Å². The number of amides is 1. The van der Waals surface area contributed by atoms with Gasteiger partial charge < -0.3 is 15.2 Å². The van der Waals surface area contributed by atoms with Crippen LogP contribution in [-0.4, -0.2) is 23.0 Å². The van der Waals surface area contributed by atoms with Crippen LogP contribution in [0.3, 0.4) is 0 Å². The molecule has 0 saturated heterocycles. The number of carboxylic acid groups (broad SMARTS) is 1. The number of carbonyl (C=O) groups excluding carboxylic acids is 2. The summed E-state index contributed by atoms with van der Waals surface area (Å²) in [6, 6.07) is 6.51. The third kappa shape index (κ3) is 8.92. The first-order valence-electron chi connectivity index (χ1n) is 8.33. The van der Waals surface area contributed by atoms with Crippen molar-refractivity contribution in [1.29, 1.82) is 0 Å². The molecule has 1 aromatic rings. The highest BCUT2D eigenvalue weighted by molar-refractivity contribution is 5.92. The van der Waals surface area contributed by atoms with E-state index in [1.807, 2.05) is 0 Å². The van der Waals surface area contributed by atoms with Crippen molar-refractivity contribution in [2.75, 3.05) is 5.32 Å². The second-order valence-electron chi connectivity index (χ2n) is 5.61. The summed E-state index contributed by atoms with van der Waals surface area (Å²) in [6.45, 7) is 2.14. The summed E-state index contributed by atoms with van der Waals surface area (Å²) in [7, 11) is 0. The van der Waals surface area contributed by atoms with Crippen molar-refractivity contribution in [2.45, 2.75) is 58.3 Å². The molecule has 0 saturated carbocycles. The van der Waals surface area contributed by atoms with Gasteiger partial charge in [-0.2, -0.15) is 0 Å². The predicted molar refractivity (Wildman–Crippen MR) is 91.0 cm³/mol. The van der Waals surface area contributed by atoms with Gasteiger partial charge in [0.15, 0.2) is 0 Å². The maximum atomic E-state index is 11.8. The molecule has 6 heteroatoms. The Morgan fingerprint density at radius 2 is 1.79 bits per heavy atom. The molecule has 0 aliphatic carbocycles. The lowest BCUT2D eigenvalue weighted by Crippen LogP contribution is -2.13. The van der Waals surface area contributed by atoms with Crippen molar-refractivity contribution >= 4 is 23.5 Å². The molecule has 0 aliphatic rings. The van der Waals surface area contributed by atoms with Gasteiger partial charge in [-0.15, -0.1) is 0 Å². The molecule has 6 nitrogen and oxygen atoms in total. The van der Waals surface area contributed by atoms with Crippen molar-refractivity contribution in [3.05, 3.63) is 24.3 Å². The number of ether oxygens (including phenoxy) is 1. The summed E-state index contributed by atoms with van der Waals surface area (Å²) < 4.78 is 5.26. The van der Waals surface area contributed by atoms with E-state index in [9.17, 15) is 14.4 Å². The van der Waals surface area contributed by atoms with E-state index in [0.29, 0.717) is 17.9 Å². The molecule has 0 heterocycles. The number of carboxylic acids is 1. The summed E-state index contributed by atoms with van der Waals surface area (Å²) in [4.78, 5) is 33.8. The predicted octanol–water partition coefficient (Wildman–Crippen LogP) is 3.76. The minimum Gasteiger partial charge on any atom is -0.481 e. The zero-order valence-corrected chi connectivity index (χ0v) is 14.0. The molecular weight excluding hydrogens is 310 g/mol. The molecule has 132 valence electrons. The average Bonchev–Trinajstić information content (AvgIpc) is 2.53. The van der Waals surface area contributed by atoms with Crippen LogP contribution in [0.4, 0.5) is 5.69 Å². The van der Waals surface area contributed by atoms with Gasteiger partial charge in [0.1, 0.15) is 5.75 Å². The van der Waals surface area contributed by atoms with Gasteiger partial charge in [-0.25, -0.2) is 0 Å². The number of hydrogen-bond acceptors (Lipinski definition) is 4. The van der Waals surface area contributed by atoms with E-state index in [0.717, 1.165) is 25.7 Å². The first-order chi connectivity index (χ1) is 11.5. The number of benzene rings is 1. The lowest BCUT2D eigenvalue weighted by Gasteiger charge is -2.08. The first kappa shape index (κ1) is 19.7. The molecule has 0 radical (unpaired) electrons. The van der Waals surface area contributed by atoms with E-state index in [1.54, 1.807) is 24.3 Å². The minimum absolute atomic E-state index is 0.100. The molecule has 0 aliphatic heterocycles. The van der Waals surface area contributed by atoms with Crippen molar-refractivity contribution in [3.8, 4) is 5.75 Å². The third-order valence-corrected chi connectivity index (χ3v) is 3.40. The van der Waals surface area contributed by atoms with Crippen LogP contribution >= 0.6 is 0 Å². The molecule has 1 aromatic carbocycles. The van der Waals surface area contributed by atoms with Gasteiger partial charge in [-0.1, -0.05) is 38.7 Å². The standard InChI is InChI=1S/C18H25NO5/c1-2-3-4-5-6-10-18(23)24-15-9-7-8-14(13-15)19-16(20)11-12-17(21)22/h7-9,13H,2-6,10-12H2,1H3,(H,19,20)(H,21,22). The second kappa shape index (κ2) is 11.2. The third-order valence-electron chi connectivity index (χ3n) is 3.40. The number of rotatable bonds is 11. The summed E-state index contributed by atoms with van der Waals surface area (Å²) in [6.07, 6.45) is 5.34. The van der Waals surface area contributed by atoms with Crippen LogP contribution in [0.1, 0.15) is 58.3 Å². The van der Waals surface area contributed by atoms with Crippen LogP contribution < -0.4 is 10.1 Å². The van der Waals surface area contributed by atoms with E-state index in [4.69, 9.17) is 9.84 Å². The quantitative estimate of drug-likeness (QED) is 0.365. The maximum Gasteiger partial charge on any atom is 0.311 e. The molecule has 0 atom stereocenters. The fraction of sp³-hybridized carbons (Fsp3) is 0.500. The zero-order valence-electron chi connectivity index (χ0n) is 14.0. The van der Waals surface area contributed by atoms with E-state index in [2.05, 4.69) is 12.2 Å². The molecule has 0 aromatic heterocycles. The Hall–Kier alpha value is -2.37. The highest BCUT2D eigenvalue weighted by atomic mass is 16.5. The zero-order chi connectivity index (χ0) is 17.8. The average molecular weight is 335 g/mol. The highest BCUT2D eigenvalue weighted by Crippen LogP contribution is 2.18. The number of anilines is 1. The Balaban J connectivity index is 2.40. The monoisotopic (exact) mass is 335 g/mol. The van der Waals surface area contributed by atoms with Crippen LogP contribution in [0.15, 0.2) is 24.3 Å². The first-order valence-corrected chi connectivity index (χ1v) is 8.33. The minimum atomic E-state index is -1.02. The Kier molecular flexibility index (Phi) is 9.19.